The van der Waals surface area contributed by atoms with Crippen LogP contribution in [0.5, 0.6) is 5.75 Å². The molecule has 6 heteroatoms. The monoisotopic (exact) mass is 372 g/mol. The molecule has 2 aromatic heterocycles. The molecule has 0 aliphatic carbocycles. The number of aliphatic hydroxyl groups excluding tert-OH is 1. The molecule has 4 aromatic rings. The van der Waals surface area contributed by atoms with Crippen LogP contribution in [-0.4, -0.2) is 31.2 Å². The van der Waals surface area contributed by atoms with Crippen LogP contribution in [-0.2, 0) is 0 Å². The number of aromatic hydroxyl groups is 1. The molecule has 0 saturated heterocycles. The van der Waals surface area contributed by atoms with Gasteiger partial charge >= 0.3 is 0 Å². The summed E-state index contributed by atoms with van der Waals surface area (Å²) in [4.78, 5) is 13.5. The largest absolute Gasteiger partial charge is 0.508 e. The van der Waals surface area contributed by atoms with Gasteiger partial charge in [0.05, 0.1) is 17.7 Å². The fourth-order valence-corrected chi connectivity index (χ4v) is 3.07. The molecular formula is C22H20N4O2. The number of nitrogens with zero attached hydrogens (tertiary/aromatic N) is 3. The van der Waals surface area contributed by atoms with Gasteiger partial charge in [0, 0.05) is 23.3 Å². The van der Waals surface area contributed by atoms with Gasteiger partial charge in [-0.2, -0.15) is 0 Å². The number of hydrogen-bond acceptors (Lipinski definition) is 6. The topological polar surface area (TPSA) is 91.2 Å². The van der Waals surface area contributed by atoms with E-state index in [2.05, 4.69) is 20.3 Å². The van der Waals surface area contributed by atoms with Gasteiger partial charge in [0.1, 0.15) is 11.6 Å². The number of hydrogen-bond donors (Lipinski definition) is 3. The minimum atomic E-state index is -0.767. The summed E-state index contributed by atoms with van der Waals surface area (Å²) in [6.45, 7) is 1.89. The molecule has 2 heterocycles. The van der Waals surface area contributed by atoms with Gasteiger partial charge in [0.25, 0.3) is 0 Å². The van der Waals surface area contributed by atoms with Gasteiger partial charge in [-0.05, 0) is 48.9 Å². The second kappa shape index (κ2) is 7.62. The first kappa shape index (κ1) is 17.9. The molecule has 0 bridgehead atoms. The van der Waals surface area contributed by atoms with Crippen LogP contribution in [0.3, 0.4) is 0 Å². The summed E-state index contributed by atoms with van der Waals surface area (Å²) >= 11 is 0. The number of benzene rings is 2. The molecule has 140 valence electrons. The third-order valence-corrected chi connectivity index (χ3v) is 4.60. The van der Waals surface area contributed by atoms with E-state index >= 15 is 0 Å². The Morgan fingerprint density at radius 1 is 0.929 bits per heavy atom. The van der Waals surface area contributed by atoms with Crippen LogP contribution in [0, 0.1) is 0 Å². The predicted molar refractivity (Wildman–Crippen MR) is 109 cm³/mol. The van der Waals surface area contributed by atoms with Gasteiger partial charge in [-0.15, -0.1) is 0 Å². The number of para-hydroxylation sites is 1. The van der Waals surface area contributed by atoms with E-state index in [1.807, 2.05) is 43.3 Å². The summed E-state index contributed by atoms with van der Waals surface area (Å²) in [5.41, 5.74) is 2.34. The van der Waals surface area contributed by atoms with Gasteiger partial charge in [0.2, 0.25) is 0 Å². The lowest BCUT2D eigenvalue weighted by atomic mass is 10.0. The number of pyridine rings is 1. The third-order valence-electron chi connectivity index (χ3n) is 4.60. The molecule has 2 aromatic carbocycles. The van der Waals surface area contributed by atoms with Gasteiger partial charge < -0.3 is 15.5 Å². The highest BCUT2D eigenvalue weighted by Crippen LogP contribution is 2.27. The Morgan fingerprint density at radius 3 is 2.46 bits per heavy atom. The van der Waals surface area contributed by atoms with Crippen molar-refractivity contribution >= 4 is 16.7 Å². The van der Waals surface area contributed by atoms with Crippen LogP contribution in [0.4, 0.5) is 5.82 Å². The SMILES string of the molecule is C[C@H](Nc1nc(-c2cccnc2)nc2ccccc12)[C@@H](O)c1ccc(O)cc1. The van der Waals surface area contributed by atoms with Crippen LogP contribution < -0.4 is 5.32 Å². The summed E-state index contributed by atoms with van der Waals surface area (Å²) < 4.78 is 0. The van der Waals surface area contributed by atoms with E-state index in [1.165, 1.54) is 0 Å². The molecule has 3 N–H and O–H groups in total. The van der Waals surface area contributed by atoms with E-state index in [4.69, 9.17) is 0 Å². The number of nitrogens with one attached hydrogen (secondary N) is 1. The van der Waals surface area contributed by atoms with Gasteiger partial charge in [0.15, 0.2) is 5.82 Å². The Balaban J connectivity index is 1.70. The summed E-state index contributed by atoms with van der Waals surface area (Å²) in [5, 5.41) is 24.4. The Hall–Kier alpha value is -3.51. The molecule has 0 spiro atoms. The number of aliphatic hydroxyl groups is 1. The van der Waals surface area contributed by atoms with Crippen molar-refractivity contribution in [2.24, 2.45) is 0 Å². The Labute approximate surface area is 162 Å². The van der Waals surface area contributed by atoms with Crippen molar-refractivity contribution in [2.75, 3.05) is 5.32 Å². The maximum absolute atomic E-state index is 10.7. The van der Waals surface area contributed by atoms with Crippen LogP contribution in [0.2, 0.25) is 0 Å². The lowest BCUT2D eigenvalue weighted by Crippen LogP contribution is -2.25. The van der Waals surface area contributed by atoms with Crippen molar-refractivity contribution in [1.29, 1.82) is 0 Å². The molecule has 0 aliphatic heterocycles. The van der Waals surface area contributed by atoms with E-state index in [-0.39, 0.29) is 11.8 Å². The molecule has 0 fully saturated rings. The highest BCUT2D eigenvalue weighted by Gasteiger charge is 2.19. The molecule has 0 saturated carbocycles. The first-order valence-electron chi connectivity index (χ1n) is 9.02. The molecule has 0 aliphatic rings. The van der Waals surface area contributed by atoms with Crippen molar-refractivity contribution in [3.8, 4) is 17.1 Å². The summed E-state index contributed by atoms with van der Waals surface area (Å²) in [6.07, 6.45) is 2.67. The second-order valence-corrected chi connectivity index (χ2v) is 6.62. The highest BCUT2D eigenvalue weighted by molar-refractivity contribution is 5.90. The first-order valence-corrected chi connectivity index (χ1v) is 9.02. The van der Waals surface area contributed by atoms with Crippen LogP contribution in [0.15, 0.2) is 73.1 Å². The Morgan fingerprint density at radius 2 is 1.71 bits per heavy atom. The zero-order valence-electron chi connectivity index (χ0n) is 15.3. The lowest BCUT2D eigenvalue weighted by Gasteiger charge is -2.22. The van der Waals surface area contributed by atoms with Crippen molar-refractivity contribution in [2.45, 2.75) is 19.1 Å². The number of anilines is 1. The maximum Gasteiger partial charge on any atom is 0.163 e. The van der Waals surface area contributed by atoms with Crippen molar-refractivity contribution in [1.82, 2.24) is 15.0 Å². The molecular weight excluding hydrogens is 352 g/mol. The highest BCUT2D eigenvalue weighted by atomic mass is 16.3. The zero-order valence-corrected chi connectivity index (χ0v) is 15.3. The van der Waals surface area contributed by atoms with E-state index in [0.29, 0.717) is 17.2 Å². The smallest absolute Gasteiger partial charge is 0.163 e. The fraction of sp³-hybridized carbons (Fsp3) is 0.136. The van der Waals surface area contributed by atoms with Crippen LogP contribution >= 0.6 is 0 Å². The molecule has 4 rings (SSSR count). The van der Waals surface area contributed by atoms with E-state index in [1.54, 1.807) is 36.7 Å². The minimum absolute atomic E-state index is 0.166. The molecule has 2 atom stereocenters. The van der Waals surface area contributed by atoms with Gasteiger partial charge in [-0.1, -0.05) is 24.3 Å². The standard InChI is InChI=1S/C22H20N4O2/c1-14(20(28)15-8-10-17(27)11-9-15)24-22-18-6-2-3-7-19(18)25-21(26-22)16-5-4-12-23-13-16/h2-14,20,27-28H,1H3,(H,24,25,26)/t14-,20+/m0/s1. The average Bonchev–Trinajstić information content (AvgIpc) is 2.74. The van der Waals surface area contributed by atoms with Crippen LogP contribution in [0.1, 0.15) is 18.6 Å². The minimum Gasteiger partial charge on any atom is -0.508 e. The molecule has 0 unspecified atom stereocenters. The fourth-order valence-electron chi connectivity index (χ4n) is 3.07. The van der Waals surface area contributed by atoms with E-state index in [9.17, 15) is 10.2 Å². The normalized spacial score (nSPS) is 13.2. The maximum atomic E-state index is 10.7. The van der Waals surface area contributed by atoms with Crippen LogP contribution in [0.25, 0.3) is 22.3 Å². The number of fused-ring (bicyclic) bond motifs is 1. The van der Waals surface area contributed by atoms with Gasteiger partial charge in [-0.25, -0.2) is 9.97 Å². The van der Waals surface area contributed by atoms with Crippen molar-refractivity contribution < 1.29 is 10.2 Å². The number of phenolic OH excluding ortho intramolecular Hbond substituents is 1. The quantitative estimate of drug-likeness (QED) is 0.492. The summed E-state index contributed by atoms with van der Waals surface area (Å²) in [5.74, 6) is 1.38. The molecule has 28 heavy (non-hydrogen) atoms. The van der Waals surface area contributed by atoms with Gasteiger partial charge in [-0.3, -0.25) is 4.98 Å². The van der Waals surface area contributed by atoms with E-state index in [0.717, 1.165) is 16.5 Å². The molecule has 0 amide bonds. The number of aromatic nitrogens is 3. The Bertz CT molecular complexity index is 1080. The van der Waals surface area contributed by atoms with Crippen molar-refractivity contribution in [3.05, 3.63) is 78.6 Å². The number of phenols is 1. The first-order chi connectivity index (χ1) is 13.6. The molecule has 0 radical (unpaired) electrons. The number of rotatable bonds is 5. The summed E-state index contributed by atoms with van der Waals surface area (Å²) in [7, 11) is 0. The third kappa shape index (κ3) is 3.63. The molecule has 6 nitrogen and oxygen atoms in total. The zero-order chi connectivity index (χ0) is 19.5. The summed E-state index contributed by atoms with van der Waals surface area (Å²) in [6, 6.07) is 17.7. The van der Waals surface area contributed by atoms with Crippen molar-refractivity contribution in [3.63, 3.8) is 0 Å². The Kier molecular flexibility index (Phi) is 4.87. The second-order valence-electron chi connectivity index (χ2n) is 6.62. The average molecular weight is 372 g/mol. The predicted octanol–water partition coefficient (Wildman–Crippen LogP) is 3.93. The van der Waals surface area contributed by atoms with E-state index < -0.39 is 6.10 Å². The lowest BCUT2D eigenvalue weighted by molar-refractivity contribution is 0.160.